The van der Waals surface area contributed by atoms with E-state index in [4.69, 9.17) is 0 Å². The smallest absolute Gasteiger partial charge is 0.259 e. The molecule has 0 atom stereocenters. The molecule has 0 aliphatic rings. The number of fused-ring (bicyclic) bond motifs is 1. The molecule has 4 rings (SSSR count). The second-order valence-corrected chi connectivity index (χ2v) is 6.53. The van der Waals surface area contributed by atoms with Gasteiger partial charge in [-0.05, 0) is 17.7 Å². The summed E-state index contributed by atoms with van der Waals surface area (Å²) >= 11 is 1.44. The van der Waals surface area contributed by atoms with Crippen LogP contribution in [0.1, 0.15) is 25.1 Å². The molecule has 0 amide bonds. The highest BCUT2D eigenvalue weighted by molar-refractivity contribution is 7.98. The van der Waals surface area contributed by atoms with Crippen LogP contribution in [0.25, 0.3) is 10.9 Å². The van der Waals surface area contributed by atoms with Crippen molar-refractivity contribution in [1.29, 1.82) is 0 Å². The van der Waals surface area contributed by atoms with E-state index in [2.05, 4.69) is 32.4 Å². The Morgan fingerprint density at radius 2 is 1.78 bits per heavy atom. The molecule has 0 saturated carbocycles. The van der Waals surface area contributed by atoms with Gasteiger partial charge in [-0.15, -0.1) is 5.10 Å². The Bertz CT molecular complexity index is 1060. The Morgan fingerprint density at radius 3 is 2.59 bits per heavy atom. The van der Waals surface area contributed by atoms with Gasteiger partial charge in [-0.2, -0.15) is 0 Å². The van der Waals surface area contributed by atoms with Crippen molar-refractivity contribution in [2.75, 3.05) is 0 Å². The van der Waals surface area contributed by atoms with Gasteiger partial charge in [-0.1, -0.05) is 73.3 Å². The lowest BCUT2D eigenvalue weighted by molar-refractivity contribution is 0.649. The van der Waals surface area contributed by atoms with Crippen LogP contribution in [-0.4, -0.2) is 25.0 Å². The van der Waals surface area contributed by atoms with E-state index in [1.54, 1.807) is 6.07 Å². The van der Waals surface area contributed by atoms with Crippen molar-refractivity contribution in [3.63, 3.8) is 0 Å². The monoisotopic (exact) mass is 379 g/mol. The highest BCUT2D eigenvalue weighted by Crippen LogP contribution is 2.18. The SMILES string of the molecule is CC.O=c1[nH]c(SCc2cn(Cc3ccccc3)nn2)nc2ccccc12. The van der Waals surface area contributed by atoms with Gasteiger partial charge in [-0.25, -0.2) is 9.67 Å². The van der Waals surface area contributed by atoms with Gasteiger partial charge in [0.2, 0.25) is 0 Å². The van der Waals surface area contributed by atoms with E-state index in [1.165, 1.54) is 17.3 Å². The molecule has 0 radical (unpaired) electrons. The van der Waals surface area contributed by atoms with Crippen LogP contribution in [0.5, 0.6) is 0 Å². The molecule has 6 nitrogen and oxygen atoms in total. The number of nitrogens with one attached hydrogen (secondary N) is 1. The predicted molar refractivity (Wildman–Crippen MR) is 109 cm³/mol. The molecule has 2 heterocycles. The van der Waals surface area contributed by atoms with Crippen LogP contribution in [0.4, 0.5) is 0 Å². The Labute approximate surface area is 161 Å². The average molecular weight is 379 g/mol. The molecule has 27 heavy (non-hydrogen) atoms. The van der Waals surface area contributed by atoms with Crippen LogP contribution in [0, 0.1) is 0 Å². The highest BCUT2D eigenvalue weighted by Gasteiger charge is 2.07. The first kappa shape index (κ1) is 18.8. The largest absolute Gasteiger partial charge is 0.301 e. The summed E-state index contributed by atoms with van der Waals surface area (Å²) in [6.07, 6.45) is 1.92. The maximum atomic E-state index is 12.1. The van der Waals surface area contributed by atoms with E-state index in [0.29, 0.717) is 28.4 Å². The van der Waals surface area contributed by atoms with Crippen molar-refractivity contribution in [3.05, 3.63) is 82.4 Å². The van der Waals surface area contributed by atoms with Crippen LogP contribution >= 0.6 is 11.8 Å². The topological polar surface area (TPSA) is 76.5 Å². The highest BCUT2D eigenvalue weighted by atomic mass is 32.2. The molecule has 0 aliphatic carbocycles. The Morgan fingerprint density at radius 1 is 1.04 bits per heavy atom. The first-order valence-electron chi connectivity index (χ1n) is 8.83. The fraction of sp³-hybridized carbons (Fsp3) is 0.200. The van der Waals surface area contributed by atoms with Crippen molar-refractivity contribution in [3.8, 4) is 0 Å². The number of aromatic amines is 1. The van der Waals surface area contributed by atoms with Crippen LogP contribution in [0.2, 0.25) is 0 Å². The first-order chi connectivity index (χ1) is 13.3. The van der Waals surface area contributed by atoms with Crippen molar-refractivity contribution < 1.29 is 0 Å². The molecule has 0 bridgehead atoms. The van der Waals surface area contributed by atoms with Gasteiger partial charge >= 0.3 is 0 Å². The molecule has 2 aromatic carbocycles. The quantitative estimate of drug-likeness (QED) is 0.421. The number of benzene rings is 2. The third-order valence-electron chi connectivity index (χ3n) is 3.72. The summed E-state index contributed by atoms with van der Waals surface area (Å²) in [5, 5.41) is 9.52. The minimum absolute atomic E-state index is 0.124. The van der Waals surface area contributed by atoms with Gasteiger partial charge in [-0.3, -0.25) is 4.79 Å². The lowest BCUT2D eigenvalue weighted by atomic mass is 10.2. The van der Waals surface area contributed by atoms with E-state index >= 15 is 0 Å². The molecule has 0 saturated heterocycles. The number of para-hydroxylation sites is 1. The summed E-state index contributed by atoms with van der Waals surface area (Å²) in [6.45, 7) is 4.68. The van der Waals surface area contributed by atoms with Crippen molar-refractivity contribution in [2.45, 2.75) is 31.3 Å². The maximum absolute atomic E-state index is 12.1. The van der Waals surface area contributed by atoms with Gasteiger partial charge in [0.1, 0.15) is 0 Å². The van der Waals surface area contributed by atoms with Crippen LogP contribution in [-0.2, 0) is 12.3 Å². The molecule has 7 heteroatoms. The number of thioether (sulfide) groups is 1. The zero-order valence-electron chi connectivity index (χ0n) is 15.3. The number of H-pyrrole nitrogens is 1. The molecular weight excluding hydrogens is 358 g/mol. The number of nitrogens with zero attached hydrogens (tertiary/aromatic N) is 4. The summed E-state index contributed by atoms with van der Waals surface area (Å²) in [7, 11) is 0. The molecule has 0 aliphatic heterocycles. The number of aromatic nitrogens is 5. The molecule has 1 N–H and O–H groups in total. The zero-order chi connectivity index (χ0) is 19.1. The molecule has 0 fully saturated rings. The first-order valence-corrected chi connectivity index (χ1v) is 9.81. The van der Waals surface area contributed by atoms with E-state index in [0.717, 1.165) is 5.69 Å². The van der Waals surface area contributed by atoms with Crippen LogP contribution < -0.4 is 5.56 Å². The van der Waals surface area contributed by atoms with E-state index in [-0.39, 0.29) is 5.56 Å². The van der Waals surface area contributed by atoms with Gasteiger partial charge in [0.25, 0.3) is 5.56 Å². The maximum Gasteiger partial charge on any atom is 0.259 e. The zero-order valence-corrected chi connectivity index (χ0v) is 16.1. The Balaban J connectivity index is 0.00000102. The van der Waals surface area contributed by atoms with E-state index in [1.807, 2.05) is 61.1 Å². The van der Waals surface area contributed by atoms with Gasteiger partial charge in [0, 0.05) is 11.9 Å². The van der Waals surface area contributed by atoms with Gasteiger partial charge in [0.15, 0.2) is 5.16 Å². The summed E-state index contributed by atoms with van der Waals surface area (Å²) in [4.78, 5) is 19.4. The van der Waals surface area contributed by atoms with Crippen molar-refractivity contribution in [2.24, 2.45) is 0 Å². The van der Waals surface area contributed by atoms with Gasteiger partial charge < -0.3 is 4.98 Å². The predicted octanol–water partition coefficient (Wildman–Crippen LogP) is 3.88. The van der Waals surface area contributed by atoms with Crippen molar-refractivity contribution in [1.82, 2.24) is 25.0 Å². The molecule has 4 aromatic rings. The van der Waals surface area contributed by atoms with Crippen LogP contribution in [0.15, 0.2) is 70.7 Å². The molecule has 0 unspecified atom stereocenters. The minimum atomic E-state index is -0.124. The third-order valence-corrected chi connectivity index (χ3v) is 4.63. The lowest BCUT2D eigenvalue weighted by Crippen LogP contribution is -2.08. The average Bonchev–Trinajstić information content (AvgIpc) is 3.16. The fourth-order valence-electron chi connectivity index (χ4n) is 2.53. The normalized spacial score (nSPS) is 10.4. The number of hydrogen-bond acceptors (Lipinski definition) is 5. The lowest BCUT2D eigenvalue weighted by Gasteiger charge is -2.01. The van der Waals surface area contributed by atoms with E-state index < -0.39 is 0 Å². The number of hydrogen-bond donors (Lipinski definition) is 1. The second kappa shape index (κ2) is 9.14. The van der Waals surface area contributed by atoms with Crippen molar-refractivity contribution >= 4 is 22.7 Å². The van der Waals surface area contributed by atoms with Gasteiger partial charge in [0.05, 0.1) is 23.1 Å². The molecule has 0 spiro atoms. The summed E-state index contributed by atoms with van der Waals surface area (Å²) in [5.41, 5.74) is 2.59. The van der Waals surface area contributed by atoms with E-state index in [9.17, 15) is 4.79 Å². The third kappa shape index (κ3) is 4.83. The summed E-state index contributed by atoms with van der Waals surface area (Å²) in [6, 6.07) is 17.4. The Hall–Kier alpha value is -2.93. The summed E-state index contributed by atoms with van der Waals surface area (Å²) in [5.74, 6) is 0.593. The fourth-order valence-corrected chi connectivity index (χ4v) is 3.27. The number of rotatable bonds is 5. The second-order valence-electron chi connectivity index (χ2n) is 5.57. The van der Waals surface area contributed by atoms with Crippen LogP contribution in [0.3, 0.4) is 0 Å². The molecule has 2 aromatic heterocycles. The standard InChI is InChI=1S/C18H15N5OS.C2H6/c24-17-15-8-4-5-9-16(15)19-18(20-17)25-12-14-11-23(22-21-14)10-13-6-2-1-3-7-13;1-2/h1-9,11H,10,12H2,(H,19,20,24);1-2H3. The Kier molecular flexibility index (Phi) is 6.38. The summed E-state index contributed by atoms with van der Waals surface area (Å²) < 4.78 is 1.81. The molecular formula is C20H21N5OS. The minimum Gasteiger partial charge on any atom is -0.301 e. The molecule has 138 valence electrons.